The summed E-state index contributed by atoms with van der Waals surface area (Å²) in [5.74, 6) is 0.495. The topological polar surface area (TPSA) is 61.6 Å². The number of hydrogen-bond acceptors (Lipinski definition) is 5. The summed E-state index contributed by atoms with van der Waals surface area (Å²) in [7, 11) is -0.501. The van der Waals surface area contributed by atoms with Crippen molar-refractivity contribution in [3.63, 3.8) is 0 Å². The molecule has 1 aromatic rings. The molecule has 4 nitrogen and oxygen atoms in total. The molecule has 0 saturated carbocycles. The van der Waals surface area contributed by atoms with Gasteiger partial charge in [-0.2, -0.15) is 0 Å². The van der Waals surface area contributed by atoms with Crippen molar-refractivity contribution >= 4 is 47.4 Å². The second-order valence-electron chi connectivity index (χ2n) is 6.87. The van der Waals surface area contributed by atoms with E-state index in [9.17, 15) is 4.79 Å². The summed E-state index contributed by atoms with van der Waals surface area (Å²) in [5.41, 5.74) is 7.30. The van der Waals surface area contributed by atoms with Gasteiger partial charge in [0.25, 0.3) is 0 Å². The van der Waals surface area contributed by atoms with E-state index in [2.05, 4.69) is 0 Å². The lowest BCUT2D eigenvalue weighted by molar-refractivity contribution is -0.109. The maximum atomic E-state index is 11.4. The van der Waals surface area contributed by atoms with E-state index in [1.807, 2.05) is 39.8 Å². The van der Waals surface area contributed by atoms with Crippen LogP contribution < -0.4 is 5.73 Å². The molecule has 0 aromatic heterocycles. The minimum absolute atomic E-state index is 0.0491. The van der Waals surface area contributed by atoms with Gasteiger partial charge < -0.3 is 15.0 Å². The van der Waals surface area contributed by atoms with Gasteiger partial charge in [0.2, 0.25) is 0 Å². The van der Waals surface area contributed by atoms with Gasteiger partial charge in [-0.3, -0.25) is 4.79 Å². The van der Waals surface area contributed by atoms with Crippen molar-refractivity contribution in [1.82, 2.24) is 0 Å². The van der Waals surface area contributed by atoms with Crippen molar-refractivity contribution in [3.8, 4) is 0 Å². The number of halogens is 1. The summed E-state index contributed by atoms with van der Waals surface area (Å²) in [6.45, 7) is 9.56. The quantitative estimate of drug-likeness (QED) is 0.638. The van der Waals surface area contributed by atoms with Gasteiger partial charge in [-0.1, -0.05) is 35.5 Å². The molecule has 1 saturated heterocycles. The van der Waals surface area contributed by atoms with Crippen molar-refractivity contribution in [2.45, 2.75) is 45.8 Å². The number of carbonyl (C=O) groups excluding carboxylic acids is 1. The van der Waals surface area contributed by atoms with E-state index >= 15 is 0 Å². The van der Waals surface area contributed by atoms with Crippen LogP contribution in [-0.4, -0.2) is 29.2 Å². The smallest absolute Gasteiger partial charge is 0.400 e. The minimum Gasteiger partial charge on any atom is -0.400 e. The number of rotatable bonds is 4. The molecule has 130 valence electrons. The van der Waals surface area contributed by atoms with Gasteiger partial charge in [-0.05, 0) is 50.9 Å². The second kappa shape index (κ2) is 7.12. The molecule has 1 aliphatic heterocycles. The van der Waals surface area contributed by atoms with Gasteiger partial charge in [0.1, 0.15) is 0 Å². The van der Waals surface area contributed by atoms with Gasteiger partial charge in [-0.15, -0.1) is 0 Å². The molecular formula is C17H23BClNO3S. The average Bonchev–Trinajstić information content (AvgIpc) is 2.67. The number of nitrogens with two attached hydrogens (primary N) is 1. The molecule has 0 radical (unpaired) electrons. The van der Waals surface area contributed by atoms with Crippen LogP contribution in [0.4, 0.5) is 5.69 Å². The Hall–Kier alpha value is -0.945. The maximum Gasteiger partial charge on any atom is 0.491 e. The number of benzene rings is 1. The summed E-state index contributed by atoms with van der Waals surface area (Å²) in [6, 6.07) is 5.43. The summed E-state index contributed by atoms with van der Waals surface area (Å²) in [5, 5.41) is 0.565. The number of anilines is 1. The second-order valence-corrected chi connectivity index (χ2v) is 8.43. The molecule has 1 fully saturated rings. The van der Waals surface area contributed by atoms with Crippen LogP contribution in [0.15, 0.2) is 23.7 Å². The predicted molar refractivity (Wildman–Crippen MR) is 103 cm³/mol. The van der Waals surface area contributed by atoms with E-state index in [0.29, 0.717) is 16.5 Å². The van der Waals surface area contributed by atoms with Crippen LogP contribution in [0, 0.1) is 0 Å². The Labute approximate surface area is 153 Å². The van der Waals surface area contributed by atoms with Crippen LogP contribution in [0.1, 0.15) is 40.2 Å². The zero-order valence-corrected chi connectivity index (χ0v) is 16.3. The predicted octanol–water partition coefficient (Wildman–Crippen LogP) is 4.22. The zero-order chi connectivity index (χ0) is 18.1. The van der Waals surface area contributed by atoms with E-state index in [1.54, 1.807) is 19.1 Å². The lowest BCUT2D eigenvalue weighted by atomic mass is 9.78. The Bertz CT molecular complexity index is 660. The molecular weight excluding hydrogens is 345 g/mol. The Morgan fingerprint density at radius 2 is 1.88 bits per heavy atom. The molecule has 0 atom stereocenters. The molecule has 1 heterocycles. The van der Waals surface area contributed by atoms with E-state index in [0.717, 1.165) is 11.0 Å². The van der Waals surface area contributed by atoms with Gasteiger partial charge in [0.05, 0.1) is 21.9 Å². The van der Waals surface area contributed by atoms with Crippen molar-refractivity contribution in [2.75, 3.05) is 11.5 Å². The Morgan fingerprint density at radius 3 is 2.38 bits per heavy atom. The number of carbonyl (C=O) groups is 1. The highest BCUT2D eigenvalue weighted by atomic mass is 35.5. The molecule has 0 unspecified atom stereocenters. The van der Waals surface area contributed by atoms with Gasteiger partial charge in [-0.25, -0.2) is 0 Å². The van der Waals surface area contributed by atoms with Crippen molar-refractivity contribution in [3.05, 3.63) is 34.3 Å². The third kappa shape index (κ3) is 4.36. The molecule has 0 aliphatic carbocycles. The maximum absolute atomic E-state index is 11.4. The molecule has 2 N–H and O–H groups in total. The summed E-state index contributed by atoms with van der Waals surface area (Å²) >= 11 is 7.21. The van der Waals surface area contributed by atoms with Crippen LogP contribution in [0.2, 0.25) is 5.02 Å². The fraction of sp³-hybridized carbons (Fsp3) is 0.471. The van der Waals surface area contributed by atoms with Gasteiger partial charge in [0.15, 0.2) is 5.12 Å². The average molecular weight is 368 g/mol. The minimum atomic E-state index is -0.501. The monoisotopic (exact) mass is 367 g/mol. The van der Waals surface area contributed by atoms with Crippen LogP contribution in [-0.2, 0) is 14.1 Å². The molecule has 1 aromatic carbocycles. The Balaban J connectivity index is 2.33. The highest BCUT2D eigenvalue weighted by Gasteiger charge is 2.52. The first-order chi connectivity index (χ1) is 11.0. The number of nitrogen functional groups attached to an aromatic ring is 1. The van der Waals surface area contributed by atoms with Gasteiger partial charge >= 0.3 is 7.12 Å². The fourth-order valence-electron chi connectivity index (χ4n) is 2.22. The molecule has 1 aliphatic rings. The van der Waals surface area contributed by atoms with Crippen LogP contribution in [0.25, 0.3) is 6.08 Å². The Morgan fingerprint density at radius 1 is 1.29 bits per heavy atom. The zero-order valence-electron chi connectivity index (χ0n) is 14.7. The summed E-state index contributed by atoms with van der Waals surface area (Å²) in [4.78, 5) is 11.4. The largest absolute Gasteiger partial charge is 0.491 e. The standard InChI is InChI=1S/C17H23BClNO3S/c1-11(21)24-10-13(8-12-6-7-14(19)15(20)9-12)18-22-16(2,3)17(4,5)23-18/h6-9H,10,20H2,1-5H3. The lowest BCUT2D eigenvalue weighted by Gasteiger charge is -2.32. The molecule has 24 heavy (non-hydrogen) atoms. The lowest BCUT2D eigenvalue weighted by Crippen LogP contribution is -2.41. The van der Waals surface area contributed by atoms with E-state index in [4.69, 9.17) is 26.6 Å². The SMILES string of the molecule is CC(=O)SCC(=Cc1ccc(Cl)c(N)c1)B1OC(C)(C)C(C)(C)O1. The van der Waals surface area contributed by atoms with E-state index in [1.165, 1.54) is 11.8 Å². The van der Waals surface area contributed by atoms with E-state index < -0.39 is 18.3 Å². The Kier molecular flexibility index (Phi) is 5.75. The third-order valence-corrected chi connectivity index (χ3v) is 5.60. The van der Waals surface area contributed by atoms with Crippen LogP contribution >= 0.6 is 23.4 Å². The summed E-state index contributed by atoms with van der Waals surface area (Å²) in [6.07, 6.45) is 1.95. The highest BCUT2D eigenvalue weighted by molar-refractivity contribution is 8.13. The van der Waals surface area contributed by atoms with Crippen LogP contribution in [0.5, 0.6) is 0 Å². The van der Waals surface area contributed by atoms with Crippen molar-refractivity contribution in [2.24, 2.45) is 0 Å². The third-order valence-electron chi connectivity index (χ3n) is 4.37. The number of thioether (sulfide) groups is 1. The summed E-state index contributed by atoms with van der Waals surface area (Å²) < 4.78 is 12.2. The highest BCUT2D eigenvalue weighted by Crippen LogP contribution is 2.39. The molecule has 7 heteroatoms. The van der Waals surface area contributed by atoms with Crippen molar-refractivity contribution in [1.29, 1.82) is 0 Å². The molecule has 0 amide bonds. The van der Waals surface area contributed by atoms with Gasteiger partial charge in [0, 0.05) is 12.7 Å². The van der Waals surface area contributed by atoms with Crippen LogP contribution in [0.3, 0.4) is 0 Å². The first kappa shape index (κ1) is 19.4. The molecule has 0 bridgehead atoms. The fourth-order valence-corrected chi connectivity index (χ4v) is 2.93. The first-order valence-electron chi connectivity index (χ1n) is 7.76. The first-order valence-corrected chi connectivity index (χ1v) is 9.13. The van der Waals surface area contributed by atoms with Crippen molar-refractivity contribution < 1.29 is 14.1 Å². The molecule has 0 spiro atoms. The molecule has 2 rings (SSSR count). The van der Waals surface area contributed by atoms with E-state index in [-0.39, 0.29) is 5.12 Å². The normalized spacial score (nSPS) is 19.6. The number of hydrogen-bond donors (Lipinski definition) is 1.